The number of aryl methyl sites for hydroxylation is 1. The highest BCUT2D eigenvalue weighted by Crippen LogP contribution is 2.19. The number of aliphatic carboxylic acids is 1. The quantitative estimate of drug-likeness (QED) is 0.756. The second-order valence-electron chi connectivity index (χ2n) is 4.52. The molecule has 1 unspecified atom stereocenters. The molecule has 1 atom stereocenters. The molecule has 0 radical (unpaired) electrons. The Morgan fingerprint density at radius 1 is 1.50 bits per heavy atom. The molecule has 1 fully saturated rings. The Morgan fingerprint density at radius 3 is 2.65 bits per heavy atom. The van der Waals surface area contributed by atoms with E-state index in [0.717, 1.165) is 4.90 Å². The van der Waals surface area contributed by atoms with Crippen LogP contribution in [0.15, 0.2) is 4.52 Å². The normalized spacial score (nSPS) is 20.8. The number of hydrogen-bond donors (Lipinski definition) is 1. The summed E-state index contributed by atoms with van der Waals surface area (Å²) in [6, 6.07) is -0.678. The zero-order chi connectivity index (χ0) is 14.9. The van der Waals surface area contributed by atoms with Gasteiger partial charge in [0, 0.05) is 13.0 Å². The summed E-state index contributed by atoms with van der Waals surface area (Å²) in [7, 11) is -3.24. The van der Waals surface area contributed by atoms with Gasteiger partial charge in [0.15, 0.2) is 9.84 Å². The lowest BCUT2D eigenvalue weighted by Gasteiger charge is -2.24. The van der Waals surface area contributed by atoms with Crippen LogP contribution in [0.5, 0.6) is 0 Å². The first-order chi connectivity index (χ1) is 9.28. The van der Waals surface area contributed by atoms with Crippen molar-refractivity contribution in [2.45, 2.75) is 19.4 Å². The third kappa shape index (κ3) is 3.13. The van der Waals surface area contributed by atoms with Gasteiger partial charge >= 0.3 is 5.97 Å². The smallest absolute Gasteiger partial charge is 0.323 e. The summed E-state index contributed by atoms with van der Waals surface area (Å²) in [5.41, 5.74) is 0. The average molecular weight is 303 g/mol. The van der Waals surface area contributed by atoms with Gasteiger partial charge in [-0.1, -0.05) is 5.16 Å². The molecule has 0 bridgehead atoms. The number of carbonyl (C=O) groups excluding carboxylic acids is 1. The van der Waals surface area contributed by atoms with Gasteiger partial charge in [-0.2, -0.15) is 4.98 Å². The number of nitrogens with zero attached hydrogens (tertiary/aromatic N) is 3. The molecule has 2 rings (SSSR count). The average Bonchev–Trinajstić information content (AvgIpc) is 2.91. The summed E-state index contributed by atoms with van der Waals surface area (Å²) in [5.74, 6) is -2.39. The maximum Gasteiger partial charge on any atom is 0.323 e. The Kier molecular flexibility index (Phi) is 3.75. The lowest BCUT2D eigenvalue weighted by atomic mass is 10.2. The van der Waals surface area contributed by atoms with Gasteiger partial charge in [-0.3, -0.25) is 9.59 Å². The Labute approximate surface area is 114 Å². The van der Waals surface area contributed by atoms with Crippen LogP contribution in [0, 0.1) is 6.92 Å². The van der Waals surface area contributed by atoms with Gasteiger partial charge in [0.1, 0.15) is 6.54 Å². The largest absolute Gasteiger partial charge is 0.480 e. The molecule has 1 saturated heterocycles. The van der Waals surface area contributed by atoms with E-state index >= 15 is 0 Å². The topological polar surface area (TPSA) is 131 Å². The van der Waals surface area contributed by atoms with Gasteiger partial charge < -0.3 is 14.5 Å². The van der Waals surface area contributed by atoms with Crippen molar-refractivity contribution in [3.63, 3.8) is 0 Å². The van der Waals surface area contributed by atoms with E-state index in [1.807, 2.05) is 0 Å². The number of carboxylic acids is 1. The van der Waals surface area contributed by atoms with Crippen LogP contribution in [-0.2, 0) is 14.6 Å². The fraction of sp³-hybridized carbons (Fsp3) is 0.600. The van der Waals surface area contributed by atoms with Crippen molar-refractivity contribution < 1.29 is 27.6 Å². The number of amides is 1. The molecule has 0 aliphatic carbocycles. The van der Waals surface area contributed by atoms with Crippen LogP contribution in [-0.4, -0.2) is 64.5 Å². The van der Waals surface area contributed by atoms with Gasteiger partial charge in [0.05, 0.1) is 11.5 Å². The van der Waals surface area contributed by atoms with Crippen molar-refractivity contribution in [3.8, 4) is 0 Å². The molecule has 0 aromatic carbocycles. The van der Waals surface area contributed by atoms with E-state index in [1.165, 1.54) is 6.92 Å². The monoisotopic (exact) mass is 303 g/mol. The summed E-state index contributed by atoms with van der Waals surface area (Å²) >= 11 is 0. The van der Waals surface area contributed by atoms with Crippen molar-refractivity contribution in [3.05, 3.63) is 11.7 Å². The molecule has 1 N–H and O–H groups in total. The molecule has 1 aliphatic rings. The van der Waals surface area contributed by atoms with Crippen LogP contribution in [0.1, 0.15) is 22.9 Å². The zero-order valence-corrected chi connectivity index (χ0v) is 11.5. The summed E-state index contributed by atoms with van der Waals surface area (Å²) < 4.78 is 27.6. The Morgan fingerprint density at radius 2 is 2.20 bits per heavy atom. The third-order valence-electron chi connectivity index (χ3n) is 2.93. The first-order valence-electron chi connectivity index (χ1n) is 5.82. The first kappa shape index (κ1) is 14.4. The minimum absolute atomic E-state index is 0.0632. The second-order valence-corrected chi connectivity index (χ2v) is 6.75. The van der Waals surface area contributed by atoms with Gasteiger partial charge in [-0.15, -0.1) is 0 Å². The van der Waals surface area contributed by atoms with E-state index in [0.29, 0.717) is 0 Å². The molecule has 0 spiro atoms. The second kappa shape index (κ2) is 5.19. The minimum atomic E-state index is -3.24. The standard InChI is InChI=1S/C10H13N3O6S/c1-6-11-9(12-19-6)10(16)13(4-8(14)15)7-2-3-20(17,18)5-7/h7H,2-5H2,1H3,(H,14,15). The number of rotatable bonds is 4. The summed E-state index contributed by atoms with van der Waals surface area (Å²) in [6.07, 6.45) is 0.207. The molecule has 9 nitrogen and oxygen atoms in total. The molecule has 1 aromatic heterocycles. The summed E-state index contributed by atoms with van der Waals surface area (Å²) in [5, 5.41) is 12.3. The van der Waals surface area contributed by atoms with Crippen LogP contribution in [0.2, 0.25) is 0 Å². The van der Waals surface area contributed by atoms with Gasteiger partial charge in [-0.25, -0.2) is 8.42 Å². The Bertz CT molecular complexity index is 637. The van der Waals surface area contributed by atoms with Crippen molar-refractivity contribution >= 4 is 21.7 Å². The van der Waals surface area contributed by atoms with Crippen molar-refractivity contribution in [1.82, 2.24) is 15.0 Å². The number of aromatic nitrogens is 2. The van der Waals surface area contributed by atoms with Crippen molar-refractivity contribution in [2.75, 3.05) is 18.1 Å². The lowest BCUT2D eigenvalue weighted by Crippen LogP contribution is -2.44. The molecule has 1 aromatic rings. The van der Waals surface area contributed by atoms with E-state index < -0.39 is 34.3 Å². The Balaban J connectivity index is 2.24. The molecule has 20 heavy (non-hydrogen) atoms. The SMILES string of the molecule is Cc1nc(C(=O)N(CC(=O)O)C2CCS(=O)(=O)C2)no1. The number of hydrogen-bond acceptors (Lipinski definition) is 7. The zero-order valence-electron chi connectivity index (χ0n) is 10.6. The van der Waals surface area contributed by atoms with E-state index in [4.69, 9.17) is 5.11 Å². The predicted molar refractivity (Wildman–Crippen MR) is 64.8 cm³/mol. The highest BCUT2D eigenvalue weighted by atomic mass is 32.2. The highest BCUT2D eigenvalue weighted by Gasteiger charge is 2.37. The Hall–Kier alpha value is -1.97. The first-order valence-corrected chi connectivity index (χ1v) is 7.64. The molecule has 110 valence electrons. The number of sulfone groups is 1. The highest BCUT2D eigenvalue weighted by molar-refractivity contribution is 7.91. The molecule has 0 saturated carbocycles. The van der Waals surface area contributed by atoms with E-state index in [9.17, 15) is 18.0 Å². The van der Waals surface area contributed by atoms with Crippen molar-refractivity contribution in [2.24, 2.45) is 0 Å². The van der Waals surface area contributed by atoms with Gasteiger partial charge in [0.2, 0.25) is 5.89 Å². The summed E-state index contributed by atoms with van der Waals surface area (Å²) in [4.78, 5) is 27.7. The van der Waals surface area contributed by atoms with Gasteiger partial charge in [0.25, 0.3) is 11.7 Å². The van der Waals surface area contributed by atoms with Crippen LogP contribution < -0.4 is 0 Å². The van der Waals surface area contributed by atoms with Crippen LogP contribution in [0.3, 0.4) is 0 Å². The fourth-order valence-corrected chi connectivity index (χ4v) is 3.78. The third-order valence-corrected chi connectivity index (χ3v) is 4.68. The van der Waals surface area contributed by atoms with E-state index in [-0.39, 0.29) is 29.6 Å². The fourth-order valence-electron chi connectivity index (χ4n) is 2.05. The molecule has 10 heteroatoms. The molecule has 1 aliphatic heterocycles. The maximum atomic E-state index is 12.2. The van der Waals surface area contributed by atoms with Gasteiger partial charge in [-0.05, 0) is 6.42 Å². The van der Waals surface area contributed by atoms with Crippen LogP contribution in [0.25, 0.3) is 0 Å². The minimum Gasteiger partial charge on any atom is -0.480 e. The lowest BCUT2D eigenvalue weighted by molar-refractivity contribution is -0.138. The molecular weight excluding hydrogens is 290 g/mol. The number of carbonyl (C=O) groups is 2. The predicted octanol–water partition coefficient (Wildman–Crippen LogP) is -0.908. The van der Waals surface area contributed by atoms with E-state index in [1.54, 1.807) is 0 Å². The van der Waals surface area contributed by atoms with Crippen LogP contribution >= 0.6 is 0 Å². The maximum absolute atomic E-state index is 12.2. The molecule has 2 heterocycles. The van der Waals surface area contributed by atoms with Crippen molar-refractivity contribution in [1.29, 1.82) is 0 Å². The van der Waals surface area contributed by atoms with Crippen LogP contribution in [0.4, 0.5) is 0 Å². The molecular formula is C10H13N3O6S. The number of carboxylic acid groups (broad SMARTS) is 1. The summed E-state index contributed by atoms with van der Waals surface area (Å²) in [6.45, 7) is 0.887. The van der Waals surface area contributed by atoms with E-state index in [2.05, 4.69) is 14.7 Å². The molecule has 1 amide bonds.